The molecule has 0 saturated carbocycles. The second kappa shape index (κ2) is 8.30. The maximum Gasteiger partial charge on any atom is 0.522 e. The number of carbonyl (C=O) groups excluding carboxylic acids is 1. The Bertz CT molecular complexity index is 632. The first-order valence-electron chi connectivity index (χ1n) is 8.37. The third-order valence-corrected chi connectivity index (χ3v) is 3.53. The number of rotatable bonds is 5. The van der Waals surface area contributed by atoms with Crippen molar-refractivity contribution in [2.75, 3.05) is 19.8 Å². The van der Waals surface area contributed by atoms with Gasteiger partial charge in [-0.3, -0.25) is 9.64 Å². The van der Waals surface area contributed by atoms with E-state index in [1.54, 1.807) is 20.8 Å². The number of halogens is 3. The number of piperidine rings is 1. The number of ether oxygens (including phenoxy) is 3. The molecule has 0 unspecified atom stereocenters. The zero-order valence-electron chi connectivity index (χ0n) is 15.3. The molecule has 2 N–H and O–H groups in total. The number of alkyl halides is 3. The zero-order valence-corrected chi connectivity index (χ0v) is 15.3. The van der Waals surface area contributed by atoms with E-state index < -0.39 is 37.3 Å². The van der Waals surface area contributed by atoms with Crippen molar-refractivity contribution in [3.8, 4) is 6.08 Å². The molecule has 0 radical (unpaired) electrons. The lowest BCUT2D eigenvalue weighted by Crippen LogP contribution is -2.49. The summed E-state index contributed by atoms with van der Waals surface area (Å²) in [6.07, 6.45) is -4.52. The Balaban J connectivity index is 2.00. The van der Waals surface area contributed by atoms with Gasteiger partial charge in [0.2, 0.25) is 5.89 Å². The van der Waals surface area contributed by atoms with Crippen LogP contribution in [0.5, 0.6) is 6.08 Å². The van der Waals surface area contributed by atoms with Crippen LogP contribution in [-0.2, 0) is 9.47 Å². The minimum Gasteiger partial charge on any atom is -0.447 e. The summed E-state index contributed by atoms with van der Waals surface area (Å²) < 4.78 is 55.0. The van der Waals surface area contributed by atoms with Gasteiger partial charge in [0, 0.05) is 12.6 Å². The fourth-order valence-electron chi connectivity index (χ4n) is 2.48. The molecule has 0 spiro atoms. The highest BCUT2D eigenvalue weighted by Crippen LogP contribution is 2.32. The zero-order chi connectivity index (χ0) is 20.2. The predicted octanol–water partition coefficient (Wildman–Crippen LogP) is 2.38. The first kappa shape index (κ1) is 21.2. The Morgan fingerprint density at radius 2 is 1.96 bits per heavy atom. The van der Waals surface area contributed by atoms with Gasteiger partial charge < -0.3 is 19.6 Å². The van der Waals surface area contributed by atoms with E-state index in [0.717, 1.165) is 0 Å². The van der Waals surface area contributed by atoms with Gasteiger partial charge in [-0.25, -0.2) is 4.79 Å². The molecule has 9 nitrogen and oxygen atoms in total. The molecule has 1 amide bonds. The van der Waals surface area contributed by atoms with Gasteiger partial charge in [-0.15, -0.1) is 18.3 Å². The average molecular weight is 396 g/mol. The molecule has 1 saturated heterocycles. The van der Waals surface area contributed by atoms with Crippen molar-refractivity contribution in [2.24, 2.45) is 5.73 Å². The smallest absolute Gasteiger partial charge is 0.447 e. The molecule has 1 aromatic heterocycles. The number of aromatic nitrogens is 2. The van der Waals surface area contributed by atoms with Crippen molar-refractivity contribution in [3.63, 3.8) is 0 Å². The second-order valence-electron chi connectivity index (χ2n) is 7.03. The van der Waals surface area contributed by atoms with E-state index in [1.165, 1.54) is 4.90 Å². The summed E-state index contributed by atoms with van der Waals surface area (Å²) in [7, 11) is 0. The van der Waals surface area contributed by atoms with Crippen LogP contribution in [0.3, 0.4) is 0 Å². The Labute approximate surface area is 153 Å². The molecule has 1 fully saturated rings. The van der Waals surface area contributed by atoms with Gasteiger partial charge in [0.1, 0.15) is 18.2 Å². The van der Waals surface area contributed by atoms with Crippen molar-refractivity contribution in [1.82, 2.24) is 15.1 Å². The third kappa shape index (κ3) is 6.86. The number of hydrogen-bond acceptors (Lipinski definition) is 8. The predicted molar refractivity (Wildman–Crippen MR) is 84.7 cm³/mol. The van der Waals surface area contributed by atoms with Crippen LogP contribution >= 0.6 is 0 Å². The minimum atomic E-state index is -4.74. The lowest BCUT2D eigenvalue weighted by molar-refractivity contribution is -0.325. The molecule has 0 aromatic carbocycles. The molecule has 1 aliphatic rings. The standard InChI is InChI=1S/C15H23F3N4O5/c1-14(2,3)27-13(23)22-8-9(19)4-5-10(22)11-20-21-12(26-11)24-6-7-25-15(16,17)18/h9-10H,4-8,19H2,1-3H3/t9-,10+/m0/s1. The number of likely N-dealkylation sites (tertiary alicyclic amines) is 1. The van der Waals surface area contributed by atoms with E-state index in [4.69, 9.17) is 19.6 Å². The summed E-state index contributed by atoms with van der Waals surface area (Å²) in [5.41, 5.74) is 5.25. The number of nitrogens with zero attached hydrogens (tertiary/aromatic N) is 3. The summed E-state index contributed by atoms with van der Waals surface area (Å²) in [6.45, 7) is 4.33. The summed E-state index contributed by atoms with van der Waals surface area (Å²) in [5.74, 6) is 0.0968. The maximum atomic E-state index is 12.5. The highest BCUT2D eigenvalue weighted by atomic mass is 19.4. The van der Waals surface area contributed by atoms with Crippen LogP contribution in [0.25, 0.3) is 0 Å². The molecule has 154 valence electrons. The van der Waals surface area contributed by atoms with Crippen LogP contribution in [0.2, 0.25) is 0 Å². The van der Waals surface area contributed by atoms with Crippen molar-refractivity contribution >= 4 is 6.09 Å². The van der Waals surface area contributed by atoms with Gasteiger partial charge in [-0.1, -0.05) is 5.10 Å². The fraction of sp³-hybridized carbons (Fsp3) is 0.800. The van der Waals surface area contributed by atoms with Crippen molar-refractivity contribution < 1.29 is 36.6 Å². The molecular formula is C15H23F3N4O5. The molecule has 1 aromatic rings. The SMILES string of the molecule is CC(C)(C)OC(=O)N1C[C@@H](N)CC[C@@H]1c1nnc(OCCOC(F)(F)F)o1. The summed E-state index contributed by atoms with van der Waals surface area (Å²) >= 11 is 0. The number of nitrogens with two attached hydrogens (primary N) is 1. The van der Waals surface area contributed by atoms with E-state index in [0.29, 0.717) is 12.8 Å². The fourth-order valence-corrected chi connectivity index (χ4v) is 2.48. The van der Waals surface area contributed by atoms with Gasteiger partial charge >= 0.3 is 18.5 Å². The molecular weight excluding hydrogens is 373 g/mol. The number of amides is 1. The number of carbonyl (C=O) groups is 1. The van der Waals surface area contributed by atoms with Crippen LogP contribution in [0, 0.1) is 0 Å². The van der Waals surface area contributed by atoms with Crippen LogP contribution in [0.1, 0.15) is 45.5 Å². The van der Waals surface area contributed by atoms with Crippen LogP contribution in [0.4, 0.5) is 18.0 Å². The topological polar surface area (TPSA) is 113 Å². The van der Waals surface area contributed by atoms with Crippen molar-refractivity contribution in [2.45, 2.75) is 57.7 Å². The molecule has 0 aliphatic carbocycles. The molecule has 0 bridgehead atoms. The Kier molecular flexibility index (Phi) is 6.52. The van der Waals surface area contributed by atoms with E-state index in [9.17, 15) is 18.0 Å². The van der Waals surface area contributed by atoms with Crippen molar-refractivity contribution in [3.05, 3.63) is 5.89 Å². The lowest BCUT2D eigenvalue weighted by Gasteiger charge is -2.37. The van der Waals surface area contributed by atoms with Crippen LogP contribution in [0.15, 0.2) is 4.42 Å². The van der Waals surface area contributed by atoms with Crippen LogP contribution in [-0.4, -0.2) is 59.0 Å². The van der Waals surface area contributed by atoms with Gasteiger partial charge in [-0.05, 0) is 33.6 Å². The summed E-state index contributed by atoms with van der Waals surface area (Å²) in [4.78, 5) is 13.9. The molecule has 2 heterocycles. The van der Waals surface area contributed by atoms with Crippen molar-refractivity contribution in [1.29, 1.82) is 0 Å². The quantitative estimate of drug-likeness (QED) is 0.755. The lowest BCUT2D eigenvalue weighted by atomic mass is 9.99. The van der Waals surface area contributed by atoms with E-state index in [-0.39, 0.29) is 24.6 Å². The molecule has 1 aliphatic heterocycles. The summed E-state index contributed by atoms with van der Waals surface area (Å²) in [6, 6.07) is -0.775. The Morgan fingerprint density at radius 1 is 1.26 bits per heavy atom. The largest absolute Gasteiger partial charge is 0.522 e. The van der Waals surface area contributed by atoms with E-state index in [1.807, 2.05) is 0 Å². The maximum absolute atomic E-state index is 12.5. The van der Waals surface area contributed by atoms with Crippen LogP contribution < -0.4 is 10.5 Å². The number of hydrogen-bond donors (Lipinski definition) is 1. The highest BCUT2D eigenvalue weighted by Gasteiger charge is 2.37. The highest BCUT2D eigenvalue weighted by molar-refractivity contribution is 5.69. The van der Waals surface area contributed by atoms with Gasteiger partial charge in [-0.2, -0.15) is 0 Å². The van der Waals surface area contributed by atoms with Gasteiger partial charge in [0.15, 0.2) is 0 Å². The third-order valence-electron chi connectivity index (χ3n) is 3.53. The molecule has 2 atom stereocenters. The molecule has 2 rings (SSSR count). The van der Waals surface area contributed by atoms with Gasteiger partial charge in [0.05, 0.1) is 6.61 Å². The van der Waals surface area contributed by atoms with Gasteiger partial charge in [0.25, 0.3) is 0 Å². The monoisotopic (exact) mass is 396 g/mol. The average Bonchev–Trinajstić information content (AvgIpc) is 2.97. The normalized spacial score (nSPS) is 21.2. The Hall–Kier alpha value is -2.08. The summed E-state index contributed by atoms with van der Waals surface area (Å²) in [5, 5.41) is 7.45. The first-order valence-corrected chi connectivity index (χ1v) is 8.37. The Morgan fingerprint density at radius 3 is 2.59 bits per heavy atom. The second-order valence-corrected chi connectivity index (χ2v) is 7.03. The first-order chi connectivity index (χ1) is 12.4. The van der Waals surface area contributed by atoms with E-state index >= 15 is 0 Å². The minimum absolute atomic E-state index is 0.0968. The van der Waals surface area contributed by atoms with E-state index in [2.05, 4.69) is 14.9 Å². The molecule has 12 heteroatoms. The molecule has 27 heavy (non-hydrogen) atoms.